The van der Waals surface area contributed by atoms with E-state index in [1.807, 2.05) is 28.8 Å². The zero-order chi connectivity index (χ0) is 20.9. The van der Waals surface area contributed by atoms with E-state index in [4.69, 9.17) is 0 Å². The van der Waals surface area contributed by atoms with Crippen LogP contribution in [-0.4, -0.2) is 43.9 Å². The van der Waals surface area contributed by atoms with E-state index in [0.29, 0.717) is 11.7 Å². The van der Waals surface area contributed by atoms with E-state index in [-0.39, 0.29) is 11.7 Å². The lowest BCUT2D eigenvalue weighted by Crippen LogP contribution is -2.50. The molecule has 0 atom stereocenters. The van der Waals surface area contributed by atoms with E-state index in [1.165, 1.54) is 11.8 Å². The molecule has 1 aromatic heterocycles. The van der Waals surface area contributed by atoms with Gasteiger partial charge in [-0.2, -0.15) is 5.26 Å². The molecule has 1 amide bonds. The summed E-state index contributed by atoms with van der Waals surface area (Å²) in [4.78, 5) is 14.5. The van der Waals surface area contributed by atoms with Crippen LogP contribution in [0.3, 0.4) is 0 Å². The second-order valence-corrected chi connectivity index (χ2v) is 9.02. The Bertz CT molecular complexity index is 912. The number of hydrogen-bond acceptors (Lipinski definition) is 5. The second kappa shape index (κ2) is 9.59. The number of aromatic nitrogens is 3. The van der Waals surface area contributed by atoms with E-state index in [2.05, 4.69) is 38.8 Å². The van der Waals surface area contributed by atoms with Gasteiger partial charge in [-0.1, -0.05) is 65.2 Å². The van der Waals surface area contributed by atoms with Crippen molar-refractivity contribution < 1.29 is 4.79 Å². The smallest absolute Gasteiger partial charge is 0.234 e. The van der Waals surface area contributed by atoms with Crippen molar-refractivity contribution >= 4 is 33.6 Å². The first-order valence-corrected chi connectivity index (χ1v) is 11.4. The molecule has 0 radical (unpaired) electrons. The number of rotatable bonds is 7. The summed E-state index contributed by atoms with van der Waals surface area (Å²) >= 11 is 4.79. The number of nitriles is 1. The number of allylic oxidation sites excluding steroid dienone is 1. The number of halogens is 1. The molecule has 0 N–H and O–H groups in total. The highest BCUT2D eigenvalue weighted by Crippen LogP contribution is 2.33. The van der Waals surface area contributed by atoms with Crippen LogP contribution in [0.25, 0.3) is 11.4 Å². The fraction of sp³-hybridized carbons (Fsp3) is 0.429. The summed E-state index contributed by atoms with van der Waals surface area (Å²) in [6.07, 6.45) is 6.39. The van der Waals surface area contributed by atoms with Crippen molar-refractivity contribution in [1.29, 1.82) is 5.26 Å². The summed E-state index contributed by atoms with van der Waals surface area (Å²) < 4.78 is 2.95. The lowest BCUT2D eigenvalue weighted by molar-refractivity contribution is -0.131. The van der Waals surface area contributed by atoms with E-state index in [9.17, 15) is 10.1 Å². The maximum Gasteiger partial charge on any atom is 0.234 e. The summed E-state index contributed by atoms with van der Waals surface area (Å²) in [5.74, 6) is 0.897. The maximum absolute atomic E-state index is 12.8. The Morgan fingerprint density at radius 2 is 2.03 bits per heavy atom. The third kappa shape index (κ3) is 4.73. The van der Waals surface area contributed by atoms with Gasteiger partial charge in [0.15, 0.2) is 11.0 Å². The summed E-state index contributed by atoms with van der Waals surface area (Å²) in [6.45, 7) is 4.37. The standard InChI is InChI=1S/C21H24BrN5OS/c1-3-13-27-19(16-7-9-17(22)10-8-16)24-25-20(27)29-14-18(28)26(2)21(15-23)11-5-4-6-12-21/h3,7-10H,1,4-6,11-14H2,2H3. The topological polar surface area (TPSA) is 74.8 Å². The Balaban J connectivity index is 1.74. The quantitative estimate of drug-likeness (QED) is 0.431. The van der Waals surface area contributed by atoms with Gasteiger partial charge in [-0.3, -0.25) is 9.36 Å². The Labute approximate surface area is 184 Å². The first kappa shape index (κ1) is 21.6. The summed E-state index contributed by atoms with van der Waals surface area (Å²) in [5, 5.41) is 19.0. The Morgan fingerprint density at radius 3 is 2.66 bits per heavy atom. The average Bonchev–Trinajstić information content (AvgIpc) is 3.15. The van der Waals surface area contributed by atoms with Crippen molar-refractivity contribution in [2.45, 2.75) is 49.3 Å². The fourth-order valence-electron chi connectivity index (χ4n) is 3.62. The van der Waals surface area contributed by atoms with Gasteiger partial charge in [0.05, 0.1) is 11.8 Å². The zero-order valence-corrected chi connectivity index (χ0v) is 18.9. The lowest BCUT2D eigenvalue weighted by Gasteiger charge is -2.39. The van der Waals surface area contributed by atoms with Crippen molar-refractivity contribution in [1.82, 2.24) is 19.7 Å². The highest BCUT2D eigenvalue weighted by molar-refractivity contribution is 9.10. The van der Waals surface area contributed by atoms with Gasteiger partial charge in [0.25, 0.3) is 0 Å². The van der Waals surface area contributed by atoms with Gasteiger partial charge < -0.3 is 4.90 Å². The molecular weight excluding hydrogens is 450 g/mol. The van der Waals surface area contributed by atoms with Gasteiger partial charge in [-0.15, -0.1) is 16.8 Å². The molecule has 29 heavy (non-hydrogen) atoms. The third-order valence-electron chi connectivity index (χ3n) is 5.36. The number of benzene rings is 1. The second-order valence-electron chi connectivity index (χ2n) is 7.16. The summed E-state index contributed by atoms with van der Waals surface area (Å²) in [7, 11) is 1.75. The molecule has 0 bridgehead atoms. The Morgan fingerprint density at radius 1 is 1.34 bits per heavy atom. The minimum absolute atomic E-state index is 0.0585. The van der Waals surface area contributed by atoms with Crippen molar-refractivity contribution in [3.63, 3.8) is 0 Å². The van der Waals surface area contributed by atoms with Gasteiger partial charge in [0, 0.05) is 23.6 Å². The molecule has 0 saturated heterocycles. The van der Waals surface area contributed by atoms with Crippen LogP contribution in [0.2, 0.25) is 0 Å². The largest absolute Gasteiger partial charge is 0.326 e. The highest BCUT2D eigenvalue weighted by Gasteiger charge is 2.38. The van der Waals surface area contributed by atoms with Crippen LogP contribution in [0, 0.1) is 11.3 Å². The zero-order valence-electron chi connectivity index (χ0n) is 16.5. The van der Waals surface area contributed by atoms with Crippen LogP contribution in [0.4, 0.5) is 0 Å². The monoisotopic (exact) mass is 473 g/mol. The number of carbonyl (C=O) groups excluding carboxylic acids is 1. The molecule has 2 aromatic rings. The first-order valence-electron chi connectivity index (χ1n) is 9.61. The van der Waals surface area contributed by atoms with Crippen molar-refractivity contribution in [3.8, 4) is 17.5 Å². The maximum atomic E-state index is 12.8. The predicted octanol–water partition coefficient (Wildman–Crippen LogP) is 4.67. The molecule has 0 unspecified atom stereocenters. The number of amides is 1. The number of thioether (sulfide) groups is 1. The molecule has 1 aromatic carbocycles. The van der Waals surface area contributed by atoms with Crippen LogP contribution in [0.1, 0.15) is 32.1 Å². The molecule has 1 aliphatic carbocycles. The molecule has 1 aliphatic rings. The molecule has 8 heteroatoms. The highest BCUT2D eigenvalue weighted by atomic mass is 79.9. The molecule has 1 saturated carbocycles. The molecule has 1 fully saturated rings. The Kier molecular flexibility index (Phi) is 7.14. The minimum atomic E-state index is -0.673. The third-order valence-corrected chi connectivity index (χ3v) is 6.84. The van der Waals surface area contributed by atoms with Crippen LogP contribution >= 0.6 is 27.7 Å². The van der Waals surface area contributed by atoms with E-state index in [0.717, 1.165) is 48.0 Å². The normalized spacial score (nSPS) is 15.5. The molecule has 3 rings (SSSR count). The van der Waals surface area contributed by atoms with Gasteiger partial charge in [0.2, 0.25) is 5.91 Å². The molecular formula is C21H24BrN5OS. The lowest BCUT2D eigenvalue weighted by atomic mass is 9.81. The van der Waals surface area contributed by atoms with Gasteiger partial charge in [-0.05, 0) is 25.0 Å². The van der Waals surface area contributed by atoms with E-state index >= 15 is 0 Å². The van der Waals surface area contributed by atoms with Crippen LogP contribution in [0.15, 0.2) is 46.5 Å². The minimum Gasteiger partial charge on any atom is -0.326 e. The van der Waals surface area contributed by atoms with Crippen molar-refractivity contribution in [2.75, 3.05) is 12.8 Å². The van der Waals surface area contributed by atoms with Crippen molar-refractivity contribution in [3.05, 3.63) is 41.4 Å². The average molecular weight is 474 g/mol. The van der Waals surface area contributed by atoms with E-state index in [1.54, 1.807) is 18.0 Å². The predicted molar refractivity (Wildman–Crippen MR) is 118 cm³/mol. The van der Waals surface area contributed by atoms with Crippen LogP contribution in [0.5, 0.6) is 0 Å². The molecule has 152 valence electrons. The molecule has 0 aliphatic heterocycles. The SMILES string of the molecule is C=CCn1c(SCC(=O)N(C)C2(C#N)CCCCC2)nnc1-c1ccc(Br)cc1. The molecule has 1 heterocycles. The Hall–Kier alpha value is -2.11. The summed E-state index contributed by atoms with van der Waals surface area (Å²) in [6, 6.07) is 10.3. The van der Waals surface area contributed by atoms with Gasteiger partial charge >= 0.3 is 0 Å². The molecule has 0 spiro atoms. The first-order chi connectivity index (χ1) is 14.0. The molecule has 6 nitrogen and oxygen atoms in total. The van der Waals surface area contributed by atoms with Crippen LogP contribution < -0.4 is 0 Å². The fourth-order valence-corrected chi connectivity index (χ4v) is 4.75. The number of hydrogen-bond donors (Lipinski definition) is 0. The number of nitrogens with zero attached hydrogens (tertiary/aromatic N) is 5. The summed E-state index contributed by atoms with van der Waals surface area (Å²) in [5.41, 5.74) is 0.274. The van der Waals surface area contributed by atoms with Gasteiger partial charge in [-0.25, -0.2) is 0 Å². The van der Waals surface area contributed by atoms with E-state index < -0.39 is 5.54 Å². The van der Waals surface area contributed by atoms with Crippen molar-refractivity contribution in [2.24, 2.45) is 0 Å². The van der Waals surface area contributed by atoms with Gasteiger partial charge in [0.1, 0.15) is 5.54 Å². The number of carbonyl (C=O) groups is 1. The van der Waals surface area contributed by atoms with Crippen LogP contribution in [-0.2, 0) is 11.3 Å².